The van der Waals surface area contributed by atoms with Gasteiger partial charge in [0.2, 0.25) is 0 Å². The van der Waals surface area contributed by atoms with Crippen LogP contribution in [0.25, 0.3) is 0 Å². The van der Waals surface area contributed by atoms with Crippen LogP contribution in [0.3, 0.4) is 0 Å². The number of hydrogen-bond donors (Lipinski definition) is 1. The third-order valence-electron chi connectivity index (χ3n) is 6.61. The Kier molecular flexibility index (Phi) is 5.39. The molecule has 1 N–H and O–H groups in total. The molecule has 3 aliphatic rings. The number of aliphatic hydroxyl groups is 1. The van der Waals surface area contributed by atoms with Crippen LogP contribution in [0.1, 0.15) is 62.5 Å². The molecule has 6 nitrogen and oxygen atoms in total. The van der Waals surface area contributed by atoms with Crippen molar-refractivity contribution in [2.75, 3.05) is 32.7 Å². The van der Waals surface area contributed by atoms with Crippen molar-refractivity contribution >= 4 is 0 Å². The summed E-state index contributed by atoms with van der Waals surface area (Å²) in [6, 6.07) is 0. The number of nitrogens with zero attached hydrogens (tertiary/aromatic N) is 5. The molecule has 6 heteroatoms. The second kappa shape index (κ2) is 7.72. The monoisotopic (exact) mass is 347 g/mol. The minimum absolute atomic E-state index is 0.114. The van der Waals surface area contributed by atoms with Crippen molar-refractivity contribution in [1.29, 1.82) is 0 Å². The average molecular weight is 348 g/mol. The van der Waals surface area contributed by atoms with Crippen LogP contribution in [-0.2, 0) is 13.6 Å². The Bertz CT molecular complexity index is 554. The summed E-state index contributed by atoms with van der Waals surface area (Å²) in [6.45, 7) is 6.53. The van der Waals surface area contributed by atoms with Gasteiger partial charge in [0.1, 0.15) is 11.6 Å². The normalized spacial score (nSPS) is 25.4. The van der Waals surface area contributed by atoms with Gasteiger partial charge in [-0.2, -0.15) is 0 Å². The fourth-order valence-corrected chi connectivity index (χ4v) is 4.56. The third-order valence-corrected chi connectivity index (χ3v) is 6.61. The maximum atomic E-state index is 9.65. The molecule has 1 aromatic rings. The van der Waals surface area contributed by atoms with Crippen molar-refractivity contribution in [3.8, 4) is 0 Å². The van der Waals surface area contributed by atoms with Gasteiger partial charge in [0.05, 0.1) is 12.6 Å². The second-order valence-electron chi connectivity index (χ2n) is 8.41. The van der Waals surface area contributed by atoms with Crippen LogP contribution in [0.5, 0.6) is 0 Å². The average Bonchev–Trinajstić information content (AvgIpc) is 2.95. The molecule has 1 saturated carbocycles. The standard InChI is InChI=1S/C19H33N5O/c1-22-18(14-24-11-7-17(25)8-12-24)20-21-19(22)16-5-9-23(10-6-16)13-15-3-2-4-15/h15-17,25H,2-14H2,1H3. The van der Waals surface area contributed by atoms with E-state index in [-0.39, 0.29) is 6.10 Å². The molecule has 1 aliphatic carbocycles. The zero-order valence-corrected chi connectivity index (χ0v) is 15.6. The van der Waals surface area contributed by atoms with E-state index < -0.39 is 0 Å². The van der Waals surface area contributed by atoms with Crippen molar-refractivity contribution in [2.45, 2.75) is 63.5 Å². The van der Waals surface area contributed by atoms with Crippen LogP contribution in [0, 0.1) is 5.92 Å². The summed E-state index contributed by atoms with van der Waals surface area (Å²) in [5, 5.41) is 18.7. The van der Waals surface area contributed by atoms with E-state index in [1.807, 2.05) is 0 Å². The number of aromatic nitrogens is 3. The molecular weight excluding hydrogens is 314 g/mol. The van der Waals surface area contributed by atoms with E-state index in [1.165, 1.54) is 57.6 Å². The first kappa shape index (κ1) is 17.4. The Morgan fingerprint density at radius 3 is 2.24 bits per heavy atom. The molecule has 0 aromatic carbocycles. The molecule has 0 unspecified atom stereocenters. The smallest absolute Gasteiger partial charge is 0.146 e. The summed E-state index contributed by atoms with van der Waals surface area (Å²) >= 11 is 0. The number of rotatable bonds is 5. The first-order valence-corrected chi connectivity index (χ1v) is 10.2. The highest BCUT2D eigenvalue weighted by atomic mass is 16.3. The summed E-state index contributed by atoms with van der Waals surface area (Å²) in [6.07, 6.45) is 8.41. The summed E-state index contributed by atoms with van der Waals surface area (Å²) in [7, 11) is 2.13. The first-order valence-electron chi connectivity index (χ1n) is 10.2. The molecule has 0 bridgehead atoms. The van der Waals surface area contributed by atoms with Crippen LogP contribution >= 0.6 is 0 Å². The van der Waals surface area contributed by atoms with Gasteiger partial charge in [0.15, 0.2) is 0 Å². The van der Waals surface area contributed by atoms with E-state index in [2.05, 4.69) is 31.6 Å². The summed E-state index contributed by atoms with van der Waals surface area (Å²) < 4.78 is 2.23. The Balaban J connectivity index is 1.30. The minimum Gasteiger partial charge on any atom is -0.393 e. The van der Waals surface area contributed by atoms with E-state index in [4.69, 9.17) is 0 Å². The van der Waals surface area contributed by atoms with Gasteiger partial charge < -0.3 is 14.6 Å². The number of piperidine rings is 2. The van der Waals surface area contributed by atoms with Crippen molar-refractivity contribution in [1.82, 2.24) is 24.6 Å². The molecule has 4 rings (SSSR count). The summed E-state index contributed by atoms with van der Waals surface area (Å²) in [5.41, 5.74) is 0. The lowest BCUT2D eigenvalue weighted by molar-refractivity contribution is 0.0775. The molecule has 1 aromatic heterocycles. The van der Waals surface area contributed by atoms with E-state index >= 15 is 0 Å². The molecule has 0 spiro atoms. The fourth-order valence-electron chi connectivity index (χ4n) is 4.56. The predicted octanol–water partition coefficient (Wildman–Crippen LogP) is 1.75. The van der Waals surface area contributed by atoms with Gasteiger partial charge in [-0.15, -0.1) is 10.2 Å². The van der Waals surface area contributed by atoms with Gasteiger partial charge in [-0.05, 0) is 57.5 Å². The van der Waals surface area contributed by atoms with E-state index in [0.29, 0.717) is 5.92 Å². The quantitative estimate of drug-likeness (QED) is 0.879. The molecule has 2 saturated heterocycles. The highest BCUT2D eigenvalue weighted by Crippen LogP contribution is 2.31. The van der Waals surface area contributed by atoms with Gasteiger partial charge >= 0.3 is 0 Å². The lowest BCUT2D eigenvalue weighted by atomic mass is 9.84. The second-order valence-corrected chi connectivity index (χ2v) is 8.41. The van der Waals surface area contributed by atoms with Gasteiger partial charge in [-0.3, -0.25) is 4.90 Å². The molecule has 0 amide bonds. The molecule has 2 aliphatic heterocycles. The lowest BCUT2D eigenvalue weighted by Gasteiger charge is -2.36. The molecular formula is C19H33N5O. The molecule has 3 fully saturated rings. The maximum Gasteiger partial charge on any atom is 0.146 e. The first-order chi connectivity index (χ1) is 12.2. The zero-order valence-electron chi connectivity index (χ0n) is 15.6. The van der Waals surface area contributed by atoms with Crippen LogP contribution in [0.15, 0.2) is 0 Å². The minimum atomic E-state index is -0.114. The predicted molar refractivity (Wildman–Crippen MR) is 97.3 cm³/mol. The summed E-state index contributed by atoms with van der Waals surface area (Å²) in [4.78, 5) is 5.05. The number of aliphatic hydroxyl groups excluding tert-OH is 1. The van der Waals surface area contributed by atoms with Crippen LogP contribution in [-0.4, -0.2) is 68.5 Å². The van der Waals surface area contributed by atoms with Crippen LogP contribution in [0.2, 0.25) is 0 Å². The fraction of sp³-hybridized carbons (Fsp3) is 0.895. The topological polar surface area (TPSA) is 57.4 Å². The Hall–Kier alpha value is -0.980. The highest BCUT2D eigenvalue weighted by Gasteiger charge is 2.28. The van der Waals surface area contributed by atoms with Crippen LogP contribution in [0.4, 0.5) is 0 Å². The molecule has 25 heavy (non-hydrogen) atoms. The number of likely N-dealkylation sites (tertiary alicyclic amines) is 2. The van der Waals surface area contributed by atoms with Gasteiger partial charge in [0, 0.05) is 32.6 Å². The highest BCUT2D eigenvalue weighted by molar-refractivity contribution is 5.03. The Morgan fingerprint density at radius 2 is 1.60 bits per heavy atom. The molecule has 0 radical (unpaired) electrons. The van der Waals surface area contributed by atoms with Gasteiger partial charge in [-0.25, -0.2) is 0 Å². The van der Waals surface area contributed by atoms with E-state index in [9.17, 15) is 5.11 Å². The van der Waals surface area contributed by atoms with Crippen molar-refractivity contribution < 1.29 is 5.11 Å². The van der Waals surface area contributed by atoms with E-state index in [0.717, 1.165) is 44.2 Å². The van der Waals surface area contributed by atoms with Gasteiger partial charge in [-0.1, -0.05) is 6.42 Å². The van der Waals surface area contributed by atoms with Gasteiger partial charge in [0.25, 0.3) is 0 Å². The largest absolute Gasteiger partial charge is 0.393 e. The van der Waals surface area contributed by atoms with Crippen molar-refractivity contribution in [3.05, 3.63) is 11.6 Å². The number of hydrogen-bond acceptors (Lipinski definition) is 5. The Labute approximate surface area is 151 Å². The van der Waals surface area contributed by atoms with Crippen LogP contribution < -0.4 is 0 Å². The molecule has 140 valence electrons. The summed E-state index contributed by atoms with van der Waals surface area (Å²) in [5.74, 6) is 3.78. The lowest BCUT2D eigenvalue weighted by Crippen LogP contribution is -2.38. The SMILES string of the molecule is Cn1c(CN2CCC(O)CC2)nnc1C1CCN(CC2CCC2)CC1. The van der Waals surface area contributed by atoms with Crippen molar-refractivity contribution in [3.63, 3.8) is 0 Å². The third kappa shape index (κ3) is 4.07. The van der Waals surface area contributed by atoms with E-state index in [1.54, 1.807) is 0 Å². The molecule has 0 atom stereocenters. The molecule has 3 heterocycles. The maximum absolute atomic E-state index is 9.65. The van der Waals surface area contributed by atoms with Crippen molar-refractivity contribution in [2.24, 2.45) is 13.0 Å². The Morgan fingerprint density at radius 1 is 0.920 bits per heavy atom. The zero-order chi connectivity index (χ0) is 17.2.